The van der Waals surface area contributed by atoms with Crippen LogP contribution in [0, 0.1) is 28.1 Å². The summed E-state index contributed by atoms with van der Waals surface area (Å²) in [6.45, 7) is 10.3. The van der Waals surface area contributed by atoms with Gasteiger partial charge in [0.05, 0.1) is 11.5 Å². The zero-order chi connectivity index (χ0) is 17.0. The van der Waals surface area contributed by atoms with Gasteiger partial charge in [-0.05, 0) is 61.9 Å². The fourth-order valence-electron chi connectivity index (χ4n) is 5.85. The number of carbonyl (C=O) groups is 1. The molecule has 0 heterocycles. The van der Waals surface area contributed by atoms with Gasteiger partial charge >= 0.3 is 5.97 Å². The standard InChI is InChI=1S/C20H30O3/c1-5-18(2)10-7-14-13(12-18)15(21)11-16-19(14,3)8-6-9-20(16,4)17(22)23/h5,12,14-16,21H,1,6-11H2,2-4H3,(H,22,23)/t14-,15-,16+,18+,19+,20-/m0/s1. The van der Waals surface area contributed by atoms with Crippen molar-refractivity contribution in [1.82, 2.24) is 0 Å². The molecule has 3 aliphatic carbocycles. The first kappa shape index (κ1) is 16.8. The van der Waals surface area contributed by atoms with Crippen LogP contribution in [0.3, 0.4) is 0 Å². The van der Waals surface area contributed by atoms with E-state index in [4.69, 9.17) is 0 Å². The number of aliphatic hydroxyl groups excluding tert-OH is 1. The van der Waals surface area contributed by atoms with Crippen LogP contribution in [-0.4, -0.2) is 22.3 Å². The molecule has 3 aliphatic rings. The predicted octanol–water partition coefficient (Wildman–Crippen LogP) is 4.18. The molecular weight excluding hydrogens is 288 g/mol. The highest BCUT2D eigenvalue weighted by atomic mass is 16.4. The van der Waals surface area contributed by atoms with E-state index in [1.165, 1.54) is 0 Å². The van der Waals surface area contributed by atoms with Crippen molar-refractivity contribution in [1.29, 1.82) is 0 Å². The monoisotopic (exact) mass is 318 g/mol. The number of aliphatic hydroxyl groups is 1. The molecule has 23 heavy (non-hydrogen) atoms. The maximum Gasteiger partial charge on any atom is 0.309 e. The lowest BCUT2D eigenvalue weighted by Crippen LogP contribution is -2.57. The number of carboxylic acids is 1. The number of hydrogen-bond donors (Lipinski definition) is 2. The molecule has 0 aromatic rings. The maximum atomic E-state index is 12.0. The van der Waals surface area contributed by atoms with Crippen molar-refractivity contribution in [3.05, 3.63) is 24.3 Å². The van der Waals surface area contributed by atoms with Crippen molar-refractivity contribution in [3.8, 4) is 0 Å². The average Bonchev–Trinajstić information content (AvgIpc) is 2.50. The van der Waals surface area contributed by atoms with Crippen LogP contribution >= 0.6 is 0 Å². The SMILES string of the molecule is C=C[C@@]1(C)C=C2[C@@H](O)C[C@@H]3[C@](C)(CCC[C@]3(C)C(=O)O)[C@H]2CC1. The Kier molecular flexibility index (Phi) is 3.79. The van der Waals surface area contributed by atoms with E-state index in [-0.39, 0.29) is 16.7 Å². The van der Waals surface area contributed by atoms with Gasteiger partial charge in [-0.3, -0.25) is 4.79 Å². The molecule has 2 saturated carbocycles. The summed E-state index contributed by atoms with van der Waals surface area (Å²) >= 11 is 0. The van der Waals surface area contributed by atoms with Crippen molar-refractivity contribution in [2.24, 2.45) is 28.1 Å². The third-order valence-corrected chi connectivity index (χ3v) is 7.44. The van der Waals surface area contributed by atoms with E-state index in [1.54, 1.807) is 0 Å². The molecular formula is C20H30O3. The largest absolute Gasteiger partial charge is 0.481 e. The Morgan fingerprint density at radius 3 is 2.61 bits per heavy atom. The van der Waals surface area contributed by atoms with Gasteiger partial charge in [0.15, 0.2) is 0 Å². The minimum Gasteiger partial charge on any atom is -0.481 e. The van der Waals surface area contributed by atoms with Gasteiger partial charge in [0.1, 0.15) is 0 Å². The van der Waals surface area contributed by atoms with Crippen molar-refractivity contribution >= 4 is 5.97 Å². The Hall–Kier alpha value is -1.09. The summed E-state index contributed by atoms with van der Waals surface area (Å²) in [5, 5.41) is 20.6. The van der Waals surface area contributed by atoms with Crippen LogP contribution in [-0.2, 0) is 4.79 Å². The number of aliphatic carboxylic acids is 1. The van der Waals surface area contributed by atoms with Gasteiger partial charge in [0, 0.05) is 5.41 Å². The summed E-state index contributed by atoms with van der Waals surface area (Å²) in [5.74, 6) is -0.338. The Balaban J connectivity index is 2.05. The van der Waals surface area contributed by atoms with Gasteiger partial charge in [-0.2, -0.15) is 0 Å². The lowest BCUT2D eigenvalue weighted by molar-refractivity contribution is -0.168. The summed E-state index contributed by atoms with van der Waals surface area (Å²) in [5.41, 5.74) is 0.380. The lowest BCUT2D eigenvalue weighted by atomic mass is 9.44. The van der Waals surface area contributed by atoms with E-state index in [0.29, 0.717) is 12.3 Å². The van der Waals surface area contributed by atoms with Crippen LogP contribution in [0.1, 0.15) is 59.3 Å². The van der Waals surface area contributed by atoms with E-state index in [9.17, 15) is 15.0 Å². The van der Waals surface area contributed by atoms with Gasteiger partial charge in [0.25, 0.3) is 0 Å². The first-order valence-electron chi connectivity index (χ1n) is 8.94. The first-order valence-corrected chi connectivity index (χ1v) is 8.94. The lowest BCUT2D eigenvalue weighted by Gasteiger charge is -2.60. The topological polar surface area (TPSA) is 57.5 Å². The summed E-state index contributed by atoms with van der Waals surface area (Å²) in [7, 11) is 0. The second-order valence-corrected chi connectivity index (χ2v) is 8.83. The van der Waals surface area contributed by atoms with Crippen molar-refractivity contribution in [3.63, 3.8) is 0 Å². The quantitative estimate of drug-likeness (QED) is 0.751. The molecule has 0 radical (unpaired) electrons. The van der Waals surface area contributed by atoms with Gasteiger partial charge in [-0.1, -0.05) is 32.4 Å². The third kappa shape index (κ3) is 2.31. The molecule has 3 nitrogen and oxygen atoms in total. The molecule has 0 aromatic carbocycles. The molecule has 0 spiro atoms. The molecule has 2 fully saturated rings. The summed E-state index contributed by atoms with van der Waals surface area (Å²) in [6, 6.07) is 0. The minimum absolute atomic E-state index is 0.0149. The highest BCUT2D eigenvalue weighted by molar-refractivity contribution is 5.75. The van der Waals surface area contributed by atoms with E-state index < -0.39 is 17.5 Å². The van der Waals surface area contributed by atoms with E-state index in [0.717, 1.165) is 37.7 Å². The highest BCUT2D eigenvalue weighted by Gasteiger charge is 2.60. The molecule has 0 aliphatic heterocycles. The molecule has 3 heteroatoms. The second-order valence-electron chi connectivity index (χ2n) is 8.83. The van der Waals surface area contributed by atoms with E-state index >= 15 is 0 Å². The zero-order valence-corrected chi connectivity index (χ0v) is 14.6. The molecule has 0 saturated heterocycles. The number of hydrogen-bond acceptors (Lipinski definition) is 2. The zero-order valence-electron chi connectivity index (χ0n) is 14.6. The van der Waals surface area contributed by atoms with Crippen molar-refractivity contribution in [2.75, 3.05) is 0 Å². The second kappa shape index (κ2) is 5.20. The van der Waals surface area contributed by atoms with Crippen LogP contribution < -0.4 is 0 Å². The molecule has 0 amide bonds. The van der Waals surface area contributed by atoms with Crippen molar-refractivity contribution < 1.29 is 15.0 Å². The summed E-state index contributed by atoms with van der Waals surface area (Å²) in [4.78, 5) is 12.0. The number of allylic oxidation sites excluding steroid dienone is 2. The minimum atomic E-state index is -0.710. The molecule has 2 N–H and O–H groups in total. The molecule has 128 valence electrons. The van der Waals surface area contributed by atoms with Crippen molar-refractivity contribution in [2.45, 2.75) is 65.4 Å². The van der Waals surface area contributed by atoms with Gasteiger partial charge in [0.2, 0.25) is 0 Å². The fourth-order valence-corrected chi connectivity index (χ4v) is 5.85. The summed E-state index contributed by atoms with van der Waals surface area (Å²) < 4.78 is 0. The Morgan fingerprint density at radius 1 is 1.30 bits per heavy atom. The highest BCUT2D eigenvalue weighted by Crippen LogP contribution is 2.63. The van der Waals surface area contributed by atoms with E-state index in [2.05, 4.69) is 26.5 Å². The molecule has 0 bridgehead atoms. The van der Waals surface area contributed by atoms with Crippen LogP contribution in [0.25, 0.3) is 0 Å². The number of rotatable bonds is 2. The normalized spacial score (nSPS) is 49.6. The number of carboxylic acid groups (broad SMARTS) is 1. The van der Waals surface area contributed by atoms with Crippen LogP contribution in [0.4, 0.5) is 0 Å². The van der Waals surface area contributed by atoms with Crippen LogP contribution in [0.2, 0.25) is 0 Å². The Morgan fingerprint density at radius 2 is 2.00 bits per heavy atom. The third-order valence-electron chi connectivity index (χ3n) is 7.44. The van der Waals surface area contributed by atoms with Crippen LogP contribution in [0.15, 0.2) is 24.3 Å². The first-order chi connectivity index (χ1) is 10.7. The van der Waals surface area contributed by atoms with Gasteiger partial charge < -0.3 is 10.2 Å². The molecule has 6 atom stereocenters. The van der Waals surface area contributed by atoms with E-state index in [1.807, 2.05) is 13.0 Å². The predicted molar refractivity (Wildman–Crippen MR) is 90.9 cm³/mol. The van der Waals surface area contributed by atoms with Crippen LogP contribution in [0.5, 0.6) is 0 Å². The molecule has 3 rings (SSSR count). The average molecular weight is 318 g/mol. The summed E-state index contributed by atoms with van der Waals surface area (Å²) in [6.07, 6.45) is 9.10. The molecule has 0 unspecified atom stereocenters. The van der Waals surface area contributed by atoms with Gasteiger partial charge in [-0.15, -0.1) is 6.58 Å². The molecule has 0 aromatic heterocycles. The fraction of sp³-hybridized carbons (Fsp3) is 0.750. The Bertz CT molecular complexity index is 565. The Labute approximate surface area is 139 Å². The smallest absolute Gasteiger partial charge is 0.309 e. The number of fused-ring (bicyclic) bond motifs is 3. The van der Waals surface area contributed by atoms with Gasteiger partial charge in [-0.25, -0.2) is 0 Å². The maximum absolute atomic E-state index is 12.0.